The number of likely N-dealkylation sites (tertiary alicyclic amines) is 1. The van der Waals surface area contributed by atoms with E-state index in [-0.39, 0.29) is 0 Å². The molecule has 1 fully saturated rings. The summed E-state index contributed by atoms with van der Waals surface area (Å²) in [6.45, 7) is 7.82. The Morgan fingerprint density at radius 3 is 2.60 bits per heavy atom. The van der Waals surface area contributed by atoms with Crippen molar-refractivity contribution in [2.45, 2.75) is 38.7 Å². The molecule has 0 saturated carbocycles. The normalized spacial score (nSPS) is 19.6. The van der Waals surface area contributed by atoms with Gasteiger partial charge in [-0.05, 0) is 52.7 Å². The van der Waals surface area contributed by atoms with Crippen LogP contribution in [0.5, 0.6) is 0 Å². The van der Waals surface area contributed by atoms with E-state index < -0.39 is 0 Å². The van der Waals surface area contributed by atoms with Gasteiger partial charge in [-0.3, -0.25) is 0 Å². The number of unbranched alkanes of at least 4 members (excludes halogenated alkanes) is 1. The number of nitrogens with zero attached hydrogens (tertiary/aromatic N) is 1. The van der Waals surface area contributed by atoms with Crippen molar-refractivity contribution < 1.29 is 4.74 Å². The Kier molecular flexibility index (Phi) is 6.98. The van der Waals surface area contributed by atoms with Crippen LogP contribution < -0.4 is 5.32 Å². The summed E-state index contributed by atoms with van der Waals surface area (Å²) < 4.78 is 5.64. The maximum atomic E-state index is 5.64. The summed E-state index contributed by atoms with van der Waals surface area (Å²) in [5, 5.41) is 3.19. The fourth-order valence-corrected chi connectivity index (χ4v) is 2.17. The third kappa shape index (κ3) is 5.50. The van der Waals surface area contributed by atoms with Gasteiger partial charge >= 0.3 is 0 Å². The van der Waals surface area contributed by atoms with Gasteiger partial charge in [0.2, 0.25) is 0 Å². The highest BCUT2D eigenvalue weighted by Gasteiger charge is 2.18. The molecule has 1 aliphatic rings. The van der Waals surface area contributed by atoms with E-state index in [2.05, 4.69) is 17.1 Å². The van der Waals surface area contributed by atoms with Crippen molar-refractivity contribution in [3.05, 3.63) is 0 Å². The predicted molar refractivity (Wildman–Crippen MR) is 64.2 cm³/mol. The van der Waals surface area contributed by atoms with Crippen LogP contribution >= 0.6 is 0 Å². The average molecular weight is 214 g/mol. The van der Waals surface area contributed by atoms with Gasteiger partial charge in [0.25, 0.3) is 0 Å². The van der Waals surface area contributed by atoms with E-state index in [4.69, 9.17) is 4.74 Å². The standard InChI is InChI=1S/C12H26N2O/c1-3-15-12-6-10-14(11-7-12)9-5-4-8-13-2/h12-13H,3-11H2,1-2H3. The van der Waals surface area contributed by atoms with Crippen LogP contribution in [0.4, 0.5) is 0 Å². The zero-order chi connectivity index (χ0) is 10.9. The van der Waals surface area contributed by atoms with Crippen LogP contribution in [-0.4, -0.2) is 50.8 Å². The van der Waals surface area contributed by atoms with Crippen LogP contribution in [0, 0.1) is 0 Å². The Bertz CT molecular complexity index is 142. The second kappa shape index (κ2) is 8.08. The lowest BCUT2D eigenvalue weighted by molar-refractivity contribution is 0.0140. The third-order valence-electron chi connectivity index (χ3n) is 3.09. The molecule has 0 bridgehead atoms. The summed E-state index contributed by atoms with van der Waals surface area (Å²) in [5.74, 6) is 0. The van der Waals surface area contributed by atoms with Crippen LogP contribution in [0.2, 0.25) is 0 Å². The van der Waals surface area contributed by atoms with Crippen LogP contribution in [0.3, 0.4) is 0 Å². The van der Waals surface area contributed by atoms with Crippen molar-refractivity contribution in [2.75, 3.05) is 39.8 Å². The highest BCUT2D eigenvalue weighted by Crippen LogP contribution is 2.13. The highest BCUT2D eigenvalue weighted by atomic mass is 16.5. The second-order valence-electron chi connectivity index (χ2n) is 4.31. The Labute approximate surface area is 94.2 Å². The molecule has 0 atom stereocenters. The molecule has 1 saturated heterocycles. The van der Waals surface area contributed by atoms with Gasteiger partial charge in [0.05, 0.1) is 6.10 Å². The average Bonchev–Trinajstić information content (AvgIpc) is 2.27. The fraction of sp³-hybridized carbons (Fsp3) is 1.00. The molecule has 0 amide bonds. The van der Waals surface area contributed by atoms with E-state index in [1.54, 1.807) is 0 Å². The van der Waals surface area contributed by atoms with Gasteiger partial charge < -0.3 is 15.0 Å². The Hall–Kier alpha value is -0.120. The molecule has 0 aromatic rings. The minimum absolute atomic E-state index is 0.531. The summed E-state index contributed by atoms with van der Waals surface area (Å²) in [6.07, 6.45) is 5.59. The zero-order valence-electron chi connectivity index (χ0n) is 10.3. The smallest absolute Gasteiger partial charge is 0.0599 e. The van der Waals surface area contributed by atoms with Crippen LogP contribution in [-0.2, 0) is 4.74 Å². The lowest BCUT2D eigenvalue weighted by Gasteiger charge is -2.31. The molecule has 3 nitrogen and oxygen atoms in total. The molecule has 0 aromatic carbocycles. The van der Waals surface area contributed by atoms with Crippen molar-refractivity contribution >= 4 is 0 Å². The third-order valence-corrected chi connectivity index (χ3v) is 3.09. The first kappa shape index (κ1) is 12.9. The topological polar surface area (TPSA) is 24.5 Å². The lowest BCUT2D eigenvalue weighted by atomic mass is 10.1. The zero-order valence-corrected chi connectivity index (χ0v) is 10.3. The molecule has 0 unspecified atom stereocenters. The number of hydrogen-bond acceptors (Lipinski definition) is 3. The highest BCUT2D eigenvalue weighted by molar-refractivity contribution is 4.72. The van der Waals surface area contributed by atoms with Crippen LogP contribution in [0.25, 0.3) is 0 Å². The van der Waals surface area contributed by atoms with E-state index in [0.29, 0.717) is 6.10 Å². The molecule has 1 N–H and O–H groups in total. The first-order chi connectivity index (χ1) is 7.36. The number of hydrogen-bond donors (Lipinski definition) is 1. The Morgan fingerprint density at radius 2 is 2.00 bits per heavy atom. The van der Waals surface area contributed by atoms with Crippen molar-refractivity contribution in [1.29, 1.82) is 0 Å². The number of ether oxygens (including phenoxy) is 1. The van der Waals surface area contributed by atoms with Gasteiger partial charge in [-0.25, -0.2) is 0 Å². The van der Waals surface area contributed by atoms with Gasteiger partial charge in [-0.1, -0.05) is 0 Å². The minimum atomic E-state index is 0.531. The number of rotatable bonds is 7. The molecule has 90 valence electrons. The Balaban J connectivity index is 1.99. The molecular weight excluding hydrogens is 188 g/mol. The first-order valence-electron chi connectivity index (χ1n) is 6.35. The maximum Gasteiger partial charge on any atom is 0.0599 e. The lowest BCUT2D eigenvalue weighted by Crippen LogP contribution is -2.37. The minimum Gasteiger partial charge on any atom is -0.378 e. The van der Waals surface area contributed by atoms with E-state index in [1.165, 1.54) is 45.3 Å². The van der Waals surface area contributed by atoms with Gasteiger partial charge in [-0.15, -0.1) is 0 Å². The fourth-order valence-electron chi connectivity index (χ4n) is 2.17. The van der Waals surface area contributed by atoms with Crippen molar-refractivity contribution in [3.8, 4) is 0 Å². The maximum absolute atomic E-state index is 5.64. The molecule has 1 rings (SSSR count). The Morgan fingerprint density at radius 1 is 1.27 bits per heavy atom. The molecule has 0 aliphatic carbocycles. The van der Waals surface area contributed by atoms with Crippen LogP contribution in [0.1, 0.15) is 32.6 Å². The molecule has 1 aliphatic heterocycles. The largest absolute Gasteiger partial charge is 0.378 e. The monoisotopic (exact) mass is 214 g/mol. The molecule has 0 aromatic heterocycles. The van der Waals surface area contributed by atoms with Crippen molar-refractivity contribution in [1.82, 2.24) is 10.2 Å². The molecule has 0 spiro atoms. The first-order valence-corrected chi connectivity index (χ1v) is 6.35. The predicted octanol–water partition coefficient (Wildman–Crippen LogP) is 1.49. The molecule has 15 heavy (non-hydrogen) atoms. The summed E-state index contributed by atoms with van der Waals surface area (Å²) in [4.78, 5) is 2.57. The quantitative estimate of drug-likeness (QED) is 0.650. The molecular formula is C12H26N2O. The summed E-state index contributed by atoms with van der Waals surface area (Å²) in [6, 6.07) is 0. The van der Waals surface area contributed by atoms with Gasteiger partial charge in [-0.2, -0.15) is 0 Å². The molecule has 1 heterocycles. The van der Waals surface area contributed by atoms with Crippen molar-refractivity contribution in [2.24, 2.45) is 0 Å². The van der Waals surface area contributed by atoms with E-state index >= 15 is 0 Å². The summed E-state index contributed by atoms with van der Waals surface area (Å²) >= 11 is 0. The molecule has 3 heteroatoms. The van der Waals surface area contributed by atoms with E-state index in [0.717, 1.165) is 13.2 Å². The van der Waals surface area contributed by atoms with Crippen LogP contribution in [0.15, 0.2) is 0 Å². The van der Waals surface area contributed by atoms with E-state index in [1.807, 2.05) is 7.05 Å². The SMILES string of the molecule is CCOC1CCN(CCCCNC)CC1. The number of piperidine rings is 1. The van der Waals surface area contributed by atoms with Gasteiger partial charge in [0.1, 0.15) is 0 Å². The molecule has 0 radical (unpaired) electrons. The van der Waals surface area contributed by atoms with Crippen molar-refractivity contribution in [3.63, 3.8) is 0 Å². The van der Waals surface area contributed by atoms with Gasteiger partial charge in [0.15, 0.2) is 0 Å². The van der Waals surface area contributed by atoms with Gasteiger partial charge in [0, 0.05) is 19.7 Å². The summed E-state index contributed by atoms with van der Waals surface area (Å²) in [7, 11) is 2.02. The second-order valence-corrected chi connectivity index (χ2v) is 4.31. The van der Waals surface area contributed by atoms with E-state index in [9.17, 15) is 0 Å². The number of nitrogens with one attached hydrogen (secondary N) is 1. The summed E-state index contributed by atoms with van der Waals surface area (Å²) in [5.41, 5.74) is 0.